The van der Waals surface area contributed by atoms with Crippen molar-refractivity contribution >= 4 is 17.5 Å². The number of benzene rings is 2. The molecule has 0 saturated heterocycles. The van der Waals surface area contributed by atoms with Crippen molar-refractivity contribution in [1.29, 1.82) is 0 Å². The molecule has 0 saturated carbocycles. The Kier molecular flexibility index (Phi) is 5.93. The van der Waals surface area contributed by atoms with E-state index in [4.69, 9.17) is 14.2 Å². The zero-order chi connectivity index (χ0) is 16.8. The van der Waals surface area contributed by atoms with Crippen LogP contribution in [0.5, 0.6) is 17.2 Å². The molecule has 23 heavy (non-hydrogen) atoms. The molecule has 0 unspecified atom stereocenters. The van der Waals surface area contributed by atoms with Crippen LogP contribution in [0.1, 0.15) is 15.9 Å². The third-order valence-corrected chi connectivity index (χ3v) is 4.39. The number of ether oxygens (including phenoxy) is 3. The average molecular weight is 332 g/mol. The van der Waals surface area contributed by atoms with Crippen molar-refractivity contribution in [2.24, 2.45) is 0 Å². The van der Waals surface area contributed by atoms with Crippen molar-refractivity contribution in [1.82, 2.24) is 0 Å². The van der Waals surface area contributed by atoms with Crippen molar-refractivity contribution in [3.05, 3.63) is 47.5 Å². The van der Waals surface area contributed by atoms with E-state index in [1.54, 1.807) is 12.1 Å². The van der Waals surface area contributed by atoms with E-state index < -0.39 is 0 Å². The van der Waals surface area contributed by atoms with Crippen LogP contribution in [0.25, 0.3) is 0 Å². The zero-order valence-corrected chi connectivity index (χ0v) is 14.5. The summed E-state index contributed by atoms with van der Waals surface area (Å²) in [6, 6.07) is 11.5. The molecular formula is C18H20O4S. The lowest BCUT2D eigenvalue weighted by Crippen LogP contribution is -2.05. The maximum Gasteiger partial charge on any atom is 0.203 e. The molecule has 0 aliphatic heterocycles. The van der Waals surface area contributed by atoms with Crippen LogP contribution < -0.4 is 14.2 Å². The van der Waals surface area contributed by atoms with Crippen molar-refractivity contribution in [3.8, 4) is 17.2 Å². The highest BCUT2D eigenvalue weighted by molar-refractivity contribution is 8.00. The van der Waals surface area contributed by atoms with Gasteiger partial charge in [0, 0.05) is 10.5 Å². The van der Waals surface area contributed by atoms with Gasteiger partial charge in [0.2, 0.25) is 5.75 Å². The summed E-state index contributed by atoms with van der Waals surface area (Å²) >= 11 is 1.51. The highest BCUT2D eigenvalue weighted by Crippen LogP contribution is 2.38. The molecule has 0 spiro atoms. The summed E-state index contributed by atoms with van der Waals surface area (Å²) in [6.07, 6.45) is 0. The molecule has 0 radical (unpaired) electrons. The van der Waals surface area contributed by atoms with E-state index in [2.05, 4.69) is 0 Å². The van der Waals surface area contributed by atoms with Crippen molar-refractivity contribution in [2.45, 2.75) is 11.8 Å². The number of aryl methyl sites for hydroxylation is 1. The molecule has 122 valence electrons. The number of ketones is 1. The summed E-state index contributed by atoms with van der Waals surface area (Å²) in [4.78, 5) is 13.5. The van der Waals surface area contributed by atoms with Gasteiger partial charge in [-0.3, -0.25) is 4.79 Å². The van der Waals surface area contributed by atoms with Crippen LogP contribution in [-0.2, 0) is 0 Å². The minimum atomic E-state index is 0.00910. The monoisotopic (exact) mass is 332 g/mol. The fraction of sp³-hybridized carbons (Fsp3) is 0.278. The number of hydrogen-bond donors (Lipinski definition) is 0. The average Bonchev–Trinajstić information content (AvgIpc) is 2.59. The summed E-state index contributed by atoms with van der Waals surface area (Å²) in [5.41, 5.74) is 1.74. The lowest BCUT2D eigenvalue weighted by atomic mass is 10.1. The maximum atomic E-state index is 12.4. The second-order valence-electron chi connectivity index (χ2n) is 4.94. The van der Waals surface area contributed by atoms with Crippen LogP contribution in [-0.4, -0.2) is 32.9 Å². The number of carbonyl (C=O) groups excluding carboxylic acids is 1. The molecule has 0 atom stereocenters. The highest BCUT2D eigenvalue weighted by Gasteiger charge is 2.17. The van der Waals surface area contributed by atoms with Gasteiger partial charge in [-0.1, -0.05) is 17.7 Å². The Bertz CT molecular complexity index is 655. The number of Topliss-reactive ketones (excluding diaryl/α,β-unsaturated/α-hetero) is 1. The number of thioether (sulfide) groups is 1. The van der Waals surface area contributed by atoms with Crippen LogP contribution >= 0.6 is 11.8 Å². The minimum absolute atomic E-state index is 0.00910. The number of methoxy groups -OCH3 is 3. The molecular weight excluding hydrogens is 312 g/mol. The standard InChI is InChI=1S/C18H20O4S/c1-12-5-7-14(8-6-12)23-11-15(19)13-9-16(20-2)18(22-4)17(10-13)21-3/h5-10H,11H2,1-4H3. The molecule has 0 fully saturated rings. The first-order valence-corrected chi connectivity index (χ1v) is 8.10. The van der Waals surface area contributed by atoms with Gasteiger partial charge < -0.3 is 14.2 Å². The largest absolute Gasteiger partial charge is 0.493 e. The van der Waals surface area contributed by atoms with Crippen LogP contribution in [0.4, 0.5) is 0 Å². The Balaban J connectivity index is 2.16. The van der Waals surface area contributed by atoms with Gasteiger partial charge in [-0.2, -0.15) is 0 Å². The molecule has 0 aliphatic rings. The molecule has 5 heteroatoms. The summed E-state index contributed by atoms with van der Waals surface area (Å²) in [7, 11) is 4.61. The van der Waals surface area contributed by atoms with E-state index in [0.29, 0.717) is 28.6 Å². The quantitative estimate of drug-likeness (QED) is 0.566. The Morgan fingerprint density at radius 1 is 0.957 bits per heavy atom. The molecule has 2 aromatic carbocycles. The summed E-state index contributed by atoms with van der Waals surface area (Å²) in [6.45, 7) is 2.04. The van der Waals surface area contributed by atoms with E-state index in [1.807, 2.05) is 31.2 Å². The van der Waals surface area contributed by atoms with Crippen LogP contribution in [0.15, 0.2) is 41.3 Å². The minimum Gasteiger partial charge on any atom is -0.493 e. The van der Waals surface area contributed by atoms with E-state index >= 15 is 0 Å². The fourth-order valence-corrected chi connectivity index (χ4v) is 2.90. The fourth-order valence-electron chi connectivity index (χ4n) is 2.11. The molecule has 0 aliphatic carbocycles. The summed E-state index contributed by atoms with van der Waals surface area (Å²) in [5, 5.41) is 0. The normalized spacial score (nSPS) is 10.3. The Hall–Kier alpha value is -2.14. The number of carbonyl (C=O) groups is 1. The van der Waals surface area contributed by atoms with Crippen LogP contribution in [0, 0.1) is 6.92 Å². The molecule has 2 rings (SSSR count). The maximum absolute atomic E-state index is 12.4. The van der Waals surface area contributed by atoms with Crippen molar-refractivity contribution < 1.29 is 19.0 Å². The predicted molar refractivity (Wildman–Crippen MR) is 92.3 cm³/mol. The zero-order valence-electron chi connectivity index (χ0n) is 13.7. The van der Waals surface area contributed by atoms with Gasteiger partial charge in [0.1, 0.15) is 0 Å². The van der Waals surface area contributed by atoms with Gasteiger partial charge in [0.05, 0.1) is 27.1 Å². The Labute approximate surface area is 140 Å². The molecule has 0 N–H and O–H groups in total. The van der Waals surface area contributed by atoms with Crippen molar-refractivity contribution in [3.63, 3.8) is 0 Å². The second-order valence-corrected chi connectivity index (χ2v) is 5.99. The topological polar surface area (TPSA) is 44.8 Å². The first kappa shape index (κ1) is 17.2. The van der Waals surface area contributed by atoms with Gasteiger partial charge in [0.25, 0.3) is 0 Å². The van der Waals surface area contributed by atoms with E-state index in [1.165, 1.54) is 38.7 Å². The lowest BCUT2D eigenvalue weighted by molar-refractivity contribution is 0.102. The molecule has 0 heterocycles. The van der Waals surface area contributed by atoms with E-state index in [0.717, 1.165) is 4.90 Å². The third kappa shape index (κ3) is 4.20. The van der Waals surface area contributed by atoms with Gasteiger partial charge in [-0.25, -0.2) is 0 Å². The van der Waals surface area contributed by atoms with Gasteiger partial charge >= 0.3 is 0 Å². The van der Waals surface area contributed by atoms with Gasteiger partial charge in [0.15, 0.2) is 17.3 Å². The molecule has 0 aromatic heterocycles. The van der Waals surface area contributed by atoms with E-state index in [9.17, 15) is 4.79 Å². The Morgan fingerprint density at radius 3 is 2.00 bits per heavy atom. The van der Waals surface area contributed by atoms with Gasteiger partial charge in [-0.05, 0) is 31.2 Å². The number of rotatable bonds is 7. The predicted octanol–water partition coefficient (Wildman–Crippen LogP) is 4.00. The smallest absolute Gasteiger partial charge is 0.203 e. The van der Waals surface area contributed by atoms with Crippen LogP contribution in [0.3, 0.4) is 0 Å². The lowest BCUT2D eigenvalue weighted by Gasteiger charge is -2.13. The SMILES string of the molecule is COc1cc(C(=O)CSc2ccc(C)cc2)cc(OC)c1OC. The van der Waals surface area contributed by atoms with Gasteiger partial charge in [-0.15, -0.1) is 11.8 Å². The van der Waals surface area contributed by atoms with Crippen molar-refractivity contribution in [2.75, 3.05) is 27.1 Å². The number of hydrogen-bond acceptors (Lipinski definition) is 5. The van der Waals surface area contributed by atoms with Crippen LogP contribution in [0.2, 0.25) is 0 Å². The third-order valence-electron chi connectivity index (χ3n) is 3.38. The second kappa shape index (κ2) is 7.92. The first-order chi connectivity index (χ1) is 11.1. The summed E-state index contributed by atoms with van der Waals surface area (Å²) in [5.74, 6) is 1.81. The molecule has 4 nitrogen and oxygen atoms in total. The first-order valence-electron chi connectivity index (χ1n) is 7.11. The molecule has 0 amide bonds. The molecule has 0 bridgehead atoms. The molecule has 2 aromatic rings. The summed E-state index contributed by atoms with van der Waals surface area (Å²) < 4.78 is 15.8. The van der Waals surface area contributed by atoms with E-state index in [-0.39, 0.29) is 5.78 Å². The Morgan fingerprint density at radius 2 is 1.52 bits per heavy atom. The highest BCUT2D eigenvalue weighted by atomic mass is 32.2.